The first-order valence-corrected chi connectivity index (χ1v) is 6.20. The van der Waals surface area contributed by atoms with Crippen LogP contribution in [-0.4, -0.2) is 49.1 Å². The molecule has 3 nitrogen and oxygen atoms in total. The number of nitrogens with one attached hydrogen (secondary N) is 1. The van der Waals surface area contributed by atoms with Gasteiger partial charge in [-0.05, 0) is 38.9 Å². The number of piperidine rings is 1. The van der Waals surface area contributed by atoms with Crippen LogP contribution in [0.5, 0.6) is 0 Å². The zero-order valence-electron chi connectivity index (χ0n) is 10.4. The highest BCUT2D eigenvalue weighted by molar-refractivity contribution is 5.84. The van der Waals surface area contributed by atoms with E-state index in [2.05, 4.69) is 4.90 Å². The van der Waals surface area contributed by atoms with Gasteiger partial charge in [0.2, 0.25) is 0 Å². The number of carbonyl (C=O) groups excluding carboxylic acids is 1. The van der Waals surface area contributed by atoms with E-state index in [1.807, 2.05) is 0 Å². The molecular weight excluding hydrogens is 271 g/mol. The van der Waals surface area contributed by atoms with Crippen LogP contribution in [0.15, 0.2) is 0 Å². The van der Waals surface area contributed by atoms with Gasteiger partial charge in [-0.15, -0.1) is 0 Å². The number of alkyl halides is 5. The van der Waals surface area contributed by atoms with Gasteiger partial charge in [-0.3, -0.25) is 4.79 Å². The fourth-order valence-corrected chi connectivity index (χ4v) is 1.93. The molecule has 1 heterocycles. The number of amides is 1. The lowest BCUT2D eigenvalue weighted by molar-refractivity contribution is -0.269. The largest absolute Gasteiger partial charge is 0.463 e. The molecule has 19 heavy (non-hydrogen) atoms. The Bertz CT molecular complexity index is 300. The molecule has 0 aliphatic carbocycles. The topological polar surface area (TPSA) is 32.3 Å². The quantitative estimate of drug-likeness (QED) is 0.621. The van der Waals surface area contributed by atoms with Gasteiger partial charge < -0.3 is 10.2 Å². The molecule has 0 atom stereocenters. The van der Waals surface area contributed by atoms with Crippen LogP contribution in [0.3, 0.4) is 0 Å². The molecule has 0 saturated carbocycles. The smallest absolute Gasteiger partial charge is 0.351 e. The van der Waals surface area contributed by atoms with Crippen LogP contribution in [-0.2, 0) is 4.79 Å². The summed E-state index contributed by atoms with van der Waals surface area (Å²) in [6, 6.07) is 0. The zero-order valence-corrected chi connectivity index (χ0v) is 10.4. The molecule has 1 aliphatic rings. The van der Waals surface area contributed by atoms with Crippen molar-refractivity contribution >= 4 is 5.91 Å². The summed E-state index contributed by atoms with van der Waals surface area (Å²) < 4.78 is 60.7. The molecule has 0 aromatic rings. The Morgan fingerprint density at radius 2 is 1.63 bits per heavy atom. The van der Waals surface area contributed by atoms with E-state index in [4.69, 9.17) is 0 Å². The van der Waals surface area contributed by atoms with Crippen LogP contribution in [0.25, 0.3) is 0 Å². The van der Waals surface area contributed by atoms with Crippen LogP contribution in [0, 0.1) is 0 Å². The lowest BCUT2D eigenvalue weighted by atomic mass is 10.1. The minimum absolute atomic E-state index is 0.180. The van der Waals surface area contributed by atoms with Crippen molar-refractivity contribution in [3.05, 3.63) is 0 Å². The Hall–Kier alpha value is -0.920. The van der Waals surface area contributed by atoms with Gasteiger partial charge in [0.1, 0.15) is 0 Å². The molecule has 1 aliphatic heterocycles. The zero-order chi connectivity index (χ0) is 14.5. The van der Waals surface area contributed by atoms with Crippen molar-refractivity contribution in [1.29, 1.82) is 0 Å². The maximum absolute atomic E-state index is 12.6. The van der Waals surface area contributed by atoms with Gasteiger partial charge in [-0.1, -0.05) is 6.42 Å². The van der Waals surface area contributed by atoms with Crippen LogP contribution < -0.4 is 5.32 Å². The summed E-state index contributed by atoms with van der Waals surface area (Å²) in [6.07, 6.45) is -2.19. The molecule has 1 rings (SSSR count). The maximum atomic E-state index is 12.6. The summed E-state index contributed by atoms with van der Waals surface area (Å²) in [5, 5.41) is 1.63. The fourth-order valence-electron chi connectivity index (χ4n) is 1.93. The van der Waals surface area contributed by atoms with E-state index in [9.17, 15) is 26.7 Å². The second kappa shape index (κ2) is 6.49. The summed E-state index contributed by atoms with van der Waals surface area (Å²) in [5.41, 5.74) is 0. The van der Waals surface area contributed by atoms with Gasteiger partial charge in [0.15, 0.2) is 0 Å². The van der Waals surface area contributed by atoms with Crippen LogP contribution in [0.2, 0.25) is 0 Å². The minimum Gasteiger partial charge on any atom is -0.351 e. The van der Waals surface area contributed by atoms with E-state index in [0.29, 0.717) is 13.0 Å². The molecule has 0 aromatic heterocycles. The molecule has 0 aromatic carbocycles. The predicted octanol–water partition coefficient (Wildman–Crippen LogP) is 2.18. The number of hydrogen-bond donors (Lipinski definition) is 1. The number of carbonyl (C=O) groups is 1. The number of likely N-dealkylation sites (tertiary alicyclic amines) is 1. The molecule has 112 valence electrons. The summed E-state index contributed by atoms with van der Waals surface area (Å²) in [6.45, 7) is 2.23. The average Bonchev–Trinajstić information content (AvgIpc) is 2.34. The van der Waals surface area contributed by atoms with Crippen LogP contribution in [0.1, 0.15) is 25.7 Å². The molecule has 0 spiro atoms. The minimum atomic E-state index is -5.84. The van der Waals surface area contributed by atoms with Crippen LogP contribution in [0.4, 0.5) is 22.0 Å². The predicted molar refractivity (Wildman–Crippen MR) is 58.9 cm³/mol. The highest BCUT2D eigenvalue weighted by Crippen LogP contribution is 2.35. The second-order valence-electron chi connectivity index (χ2n) is 4.58. The number of nitrogens with zero attached hydrogens (tertiary/aromatic N) is 1. The number of rotatable bonds is 5. The summed E-state index contributed by atoms with van der Waals surface area (Å²) in [4.78, 5) is 12.9. The van der Waals surface area contributed by atoms with Gasteiger partial charge in [-0.25, -0.2) is 0 Å². The Balaban J connectivity index is 2.23. The van der Waals surface area contributed by atoms with E-state index in [1.54, 1.807) is 5.32 Å². The summed E-state index contributed by atoms with van der Waals surface area (Å²) in [7, 11) is 0. The van der Waals surface area contributed by atoms with E-state index < -0.39 is 18.0 Å². The van der Waals surface area contributed by atoms with Crippen molar-refractivity contribution in [2.24, 2.45) is 0 Å². The summed E-state index contributed by atoms with van der Waals surface area (Å²) in [5.74, 6) is -7.60. The third-order valence-corrected chi connectivity index (χ3v) is 3.03. The van der Waals surface area contributed by atoms with Crippen molar-refractivity contribution in [2.75, 3.05) is 26.2 Å². The second-order valence-corrected chi connectivity index (χ2v) is 4.58. The highest BCUT2D eigenvalue weighted by atomic mass is 19.4. The molecule has 1 fully saturated rings. The van der Waals surface area contributed by atoms with Gasteiger partial charge in [-0.2, -0.15) is 22.0 Å². The molecule has 1 N–H and O–H groups in total. The van der Waals surface area contributed by atoms with Gasteiger partial charge in [0, 0.05) is 6.54 Å². The molecule has 0 bridgehead atoms. The number of hydrogen-bond acceptors (Lipinski definition) is 2. The van der Waals surface area contributed by atoms with Crippen molar-refractivity contribution in [1.82, 2.24) is 10.2 Å². The van der Waals surface area contributed by atoms with Crippen LogP contribution >= 0.6 is 0 Å². The molecule has 8 heteroatoms. The number of halogens is 5. The Morgan fingerprint density at radius 1 is 1.05 bits per heavy atom. The van der Waals surface area contributed by atoms with Crippen molar-refractivity contribution in [2.45, 2.75) is 37.8 Å². The van der Waals surface area contributed by atoms with E-state index in [1.165, 1.54) is 0 Å². The average molecular weight is 288 g/mol. The third-order valence-electron chi connectivity index (χ3n) is 3.03. The first-order chi connectivity index (χ1) is 8.75. The Morgan fingerprint density at radius 3 is 2.16 bits per heavy atom. The fraction of sp³-hybridized carbons (Fsp3) is 0.909. The molecule has 1 amide bonds. The van der Waals surface area contributed by atoms with E-state index >= 15 is 0 Å². The first kappa shape index (κ1) is 16.1. The first-order valence-electron chi connectivity index (χ1n) is 6.20. The normalized spacial score (nSPS) is 18.4. The highest BCUT2D eigenvalue weighted by Gasteiger charge is 2.63. The lowest BCUT2D eigenvalue weighted by Crippen LogP contribution is -2.50. The van der Waals surface area contributed by atoms with Gasteiger partial charge in [0.25, 0.3) is 5.91 Å². The van der Waals surface area contributed by atoms with E-state index in [0.717, 1.165) is 32.4 Å². The maximum Gasteiger partial charge on any atom is 0.463 e. The van der Waals surface area contributed by atoms with Crippen molar-refractivity contribution < 1.29 is 26.7 Å². The van der Waals surface area contributed by atoms with Gasteiger partial charge in [0.05, 0.1) is 0 Å². The summed E-state index contributed by atoms with van der Waals surface area (Å²) >= 11 is 0. The van der Waals surface area contributed by atoms with Gasteiger partial charge >= 0.3 is 12.1 Å². The lowest BCUT2D eigenvalue weighted by Gasteiger charge is -2.26. The molecular formula is C11H17F5N2O. The standard InChI is InChI=1S/C11H17F5N2O/c12-10(13,11(14,15)16)9(19)17-5-4-8-18-6-2-1-3-7-18/h1-8H2,(H,17,19). The molecule has 0 radical (unpaired) electrons. The van der Waals surface area contributed by atoms with Crippen molar-refractivity contribution in [3.63, 3.8) is 0 Å². The monoisotopic (exact) mass is 288 g/mol. The molecule has 0 unspecified atom stereocenters. The Labute approximate surface area is 108 Å². The van der Waals surface area contributed by atoms with Crippen molar-refractivity contribution in [3.8, 4) is 0 Å². The van der Waals surface area contributed by atoms with E-state index in [-0.39, 0.29) is 6.54 Å². The SMILES string of the molecule is O=C(NCCCN1CCCCC1)C(F)(F)C(F)(F)F. The molecule has 1 saturated heterocycles. The third kappa shape index (κ3) is 4.59. The Kier molecular flexibility index (Phi) is 5.51.